The molecule has 1 N–H and O–H groups in total. The smallest absolute Gasteiger partial charge is 0.349 e. The molecule has 3 rings (SSSR count). The van der Waals surface area contributed by atoms with Crippen LogP contribution in [0, 0.1) is 0 Å². The number of likely N-dealkylation sites (N-methyl/N-ethyl adjacent to an activating group) is 1. The number of amides is 1. The van der Waals surface area contributed by atoms with Crippen LogP contribution < -0.4 is 10.1 Å². The number of rotatable bonds is 8. The molecule has 0 aliphatic carbocycles. The predicted octanol–water partition coefficient (Wildman–Crippen LogP) is 3.35. The van der Waals surface area contributed by atoms with Gasteiger partial charge in [-0.2, -0.15) is 4.31 Å². The maximum atomic E-state index is 13.3. The summed E-state index contributed by atoms with van der Waals surface area (Å²) < 4.78 is 38.2. The lowest BCUT2D eigenvalue weighted by atomic mass is 10.2. The minimum atomic E-state index is -4.15. The van der Waals surface area contributed by atoms with Crippen LogP contribution in [-0.2, 0) is 19.6 Å². The molecule has 1 heterocycles. The molecule has 164 valence electrons. The predicted molar refractivity (Wildman–Crippen MR) is 119 cm³/mol. The summed E-state index contributed by atoms with van der Waals surface area (Å²) in [4.78, 5) is 24.5. The lowest BCUT2D eigenvalue weighted by molar-refractivity contribution is -0.116. The lowest BCUT2D eigenvalue weighted by Crippen LogP contribution is -2.35. The SMILES string of the molecule is CCOc1ccc(NC(=O)CN(C)S(=O)(=O)c2c(C(=O)OC)sc3ccccc23)cc1. The van der Waals surface area contributed by atoms with Gasteiger partial charge in [0.05, 0.1) is 20.3 Å². The van der Waals surface area contributed by atoms with Crippen molar-refractivity contribution in [1.29, 1.82) is 0 Å². The maximum absolute atomic E-state index is 13.3. The number of esters is 1. The lowest BCUT2D eigenvalue weighted by Gasteiger charge is -2.17. The van der Waals surface area contributed by atoms with Gasteiger partial charge in [0, 0.05) is 22.8 Å². The molecule has 0 radical (unpaired) electrons. The molecular formula is C21H22N2O6S2. The second kappa shape index (κ2) is 9.46. The van der Waals surface area contributed by atoms with Crippen molar-refractivity contribution in [3.05, 3.63) is 53.4 Å². The van der Waals surface area contributed by atoms with Gasteiger partial charge in [-0.25, -0.2) is 13.2 Å². The molecule has 0 saturated heterocycles. The second-order valence-corrected chi connectivity index (χ2v) is 9.55. The van der Waals surface area contributed by atoms with Gasteiger partial charge in [-0.05, 0) is 37.3 Å². The molecule has 1 amide bonds. The van der Waals surface area contributed by atoms with Crippen molar-refractivity contribution in [2.75, 3.05) is 32.6 Å². The Morgan fingerprint density at radius 2 is 1.77 bits per heavy atom. The molecule has 0 bridgehead atoms. The van der Waals surface area contributed by atoms with Crippen LogP contribution in [0.5, 0.6) is 5.75 Å². The van der Waals surface area contributed by atoms with Gasteiger partial charge in [-0.3, -0.25) is 4.79 Å². The molecular weight excluding hydrogens is 440 g/mol. The molecule has 0 atom stereocenters. The molecule has 0 aliphatic heterocycles. The van der Waals surface area contributed by atoms with Gasteiger partial charge >= 0.3 is 5.97 Å². The van der Waals surface area contributed by atoms with E-state index in [4.69, 9.17) is 9.47 Å². The van der Waals surface area contributed by atoms with E-state index in [2.05, 4.69) is 5.32 Å². The van der Waals surface area contributed by atoms with Gasteiger partial charge in [0.1, 0.15) is 15.5 Å². The number of hydrogen-bond acceptors (Lipinski definition) is 7. The first-order valence-corrected chi connectivity index (χ1v) is 11.6. The first kappa shape index (κ1) is 22.7. The Bertz CT molecular complexity index is 1200. The van der Waals surface area contributed by atoms with E-state index in [1.54, 1.807) is 48.5 Å². The molecule has 0 aliphatic rings. The summed E-state index contributed by atoms with van der Waals surface area (Å²) >= 11 is 1.03. The van der Waals surface area contributed by atoms with Crippen LogP contribution in [0.3, 0.4) is 0 Å². The summed E-state index contributed by atoms with van der Waals surface area (Å²) in [5.74, 6) is -0.596. The highest BCUT2D eigenvalue weighted by atomic mass is 32.2. The van der Waals surface area contributed by atoms with Crippen LogP contribution in [0.1, 0.15) is 16.6 Å². The highest BCUT2D eigenvalue weighted by Gasteiger charge is 2.32. The van der Waals surface area contributed by atoms with Crippen LogP contribution in [0.2, 0.25) is 0 Å². The van der Waals surface area contributed by atoms with E-state index in [0.29, 0.717) is 28.1 Å². The van der Waals surface area contributed by atoms with E-state index in [0.717, 1.165) is 15.6 Å². The molecule has 3 aromatic rings. The van der Waals surface area contributed by atoms with Crippen LogP contribution in [-0.4, -0.2) is 51.9 Å². The van der Waals surface area contributed by atoms with Crippen molar-refractivity contribution in [2.45, 2.75) is 11.8 Å². The van der Waals surface area contributed by atoms with E-state index in [1.165, 1.54) is 14.2 Å². The third-order valence-corrected chi connectivity index (χ3v) is 7.57. The van der Waals surface area contributed by atoms with Gasteiger partial charge < -0.3 is 14.8 Å². The number of anilines is 1. The van der Waals surface area contributed by atoms with Crippen molar-refractivity contribution in [1.82, 2.24) is 4.31 Å². The van der Waals surface area contributed by atoms with E-state index < -0.39 is 28.4 Å². The number of benzene rings is 2. The number of sulfonamides is 1. The average Bonchev–Trinajstić information content (AvgIpc) is 3.15. The second-order valence-electron chi connectivity index (χ2n) is 6.51. The van der Waals surface area contributed by atoms with Crippen LogP contribution in [0.15, 0.2) is 53.4 Å². The van der Waals surface area contributed by atoms with Crippen molar-refractivity contribution in [2.24, 2.45) is 0 Å². The van der Waals surface area contributed by atoms with Gasteiger partial charge in [-0.1, -0.05) is 18.2 Å². The summed E-state index contributed by atoms with van der Waals surface area (Å²) in [6.45, 7) is 1.97. The van der Waals surface area contributed by atoms with Gasteiger partial charge in [0.2, 0.25) is 15.9 Å². The Morgan fingerprint density at radius 3 is 2.42 bits per heavy atom. The highest BCUT2D eigenvalue weighted by molar-refractivity contribution is 7.89. The number of carbonyl (C=O) groups is 2. The average molecular weight is 463 g/mol. The summed E-state index contributed by atoms with van der Waals surface area (Å²) in [6.07, 6.45) is 0. The Labute approximate surface area is 184 Å². The molecule has 2 aromatic carbocycles. The fourth-order valence-corrected chi connectivity index (χ4v) is 5.84. The zero-order valence-electron chi connectivity index (χ0n) is 17.2. The number of thiophene rings is 1. The number of methoxy groups -OCH3 is 1. The molecule has 0 spiro atoms. The maximum Gasteiger partial charge on any atom is 0.349 e. The van der Waals surface area contributed by atoms with Crippen molar-refractivity contribution < 1.29 is 27.5 Å². The zero-order valence-corrected chi connectivity index (χ0v) is 18.9. The molecule has 31 heavy (non-hydrogen) atoms. The molecule has 0 unspecified atom stereocenters. The Kier molecular flexibility index (Phi) is 6.94. The van der Waals surface area contributed by atoms with Crippen LogP contribution in [0.4, 0.5) is 5.69 Å². The molecule has 0 saturated carbocycles. The van der Waals surface area contributed by atoms with E-state index in [1.807, 2.05) is 6.92 Å². The number of fused-ring (bicyclic) bond motifs is 1. The number of hydrogen-bond donors (Lipinski definition) is 1. The van der Waals surface area contributed by atoms with Crippen LogP contribution in [0.25, 0.3) is 10.1 Å². The summed E-state index contributed by atoms with van der Waals surface area (Å²) in [5, 5.41) is 3.06. The number of carbonyl (C=O) groups excluding carboxylic acids is 2. The van der Waals surface area contributed by atoms with Gasteiger partial charge in [0.15, 0.2) is 0 Å². The normalized spacial score (nSPS) is 11.5. The van der Waals surface area contributed by atoms with E-state index >= 15 is 0 Å². The zero-order chi connectivity index (χ0) is 22.6. The quantitative estimate of drug-likeness (QED) is 0.515. The monoisotopic (exact) mass is 462 g/mol. The number of ether oxygens (including phenoxy) is 2. The van der Waals surface area contributed by atoms with Gasteiger partial charge in [-0.15, -0.1) is 11.3 Å². The molecule has 8 nitrogen and oxygen atoms in total. The Hall–Kier alpha value is -2.95. The fourth-order valence-electron chi connectivity index (χ4n) is 2.95. The van der Waals surface area contributed by atoms with E-state index in [9.17, 15) is 18.0 Å². The standard InChI is InChI=1S/C21H22N2O6S2/c1-4-29-15-11-9-14(10-12-15)22-18(24)13-23(2)31(26,27)20-16-7-5-6-8-17(16)30-19(20)21(25)28-3/h5-12H,4,13H2,1-3H3,(H,22,24). The minimum absolute atomic E-state index is 0.0255. The third kappa shape index (κ3) is 4.87. The third-order valence-electron chi connectivity index (χ3n) is 4.40. The topological polar surface area (TPSA) is 102 Å². The molecule has 0 fully saturated rings. The largest absolute Gasteiger partial charge is 0.494 e. The van der Waals surface area contributed by atoms with Gasteiger partial charge in [0.25, 0.3) is 0 Å². The molecule has 1 aromatic heterocycles. The minimum Gasteiger partial charge on any atom is -0.494 e. The van der Waals surface area contributed by atoms with Crippen LogP contribution >= 0.6 is 11.3 Å². The summed E-state index contributed by atoms with van der Waals surface area (Å²) in [6, 6.07) is 13.5. The van der Waals surface area contributed by atoms with Crippen molar-refractivity contribution in [3.8, 4) is 5.75 Å². The molecule has 10 heteroatoms. The Morgan fingerprint density at radius 1 is 1.10 bits per heavy atom. The highest BCUT2D eigenvalue weighted by Crippen LogP contribution is 2.36. The first-order valence-electron chi connectivity index (χ1n) is 9.36. The van der Waals surface area contributed by atoms with Crippen molar-refractivity contribution >= 4 is 49.0 Å². The van der Waals surface area contributed by atoms with Crippen molar-refractivity contribution in [3.63, 3.8) is 0 Å². The fraction of sp³-hybridized carbons (Fsp3) is 0.238. The summed E-state index contributed by atoms with van der Waals surface area (Å²) in [5.41, 5.74) is 0.510. The Balaban J connectivity index is 1.83. The first-order chi connectivity index (χ1) is 14.8. The number of nitrogens with zero attached hydrogens (tertiary/aromatic N) is 1. The van der Waals surface area contributed by atoms with E-state index in [-0.39, 0.29) is 9.77 Å². The summed E-state index contributed by atoms with van der Waals surface area (Å²) in [7, 11) is -1.66. The number of nitrogens with one attached hydrogen (secondary N) is 1.